The van der Waals surface area contributed by atoms with Crippen molar-refractivity contribution in [3.8, 4) is 11.1 Å². The van der Waals surface area contributed by atoms with E-state index in [1.165, 1.54) is 16.1 Å². The highest BCUT2D eigenvalue weighted by Gasteiger charge is 2.29. The molecule has 2 N–H and O–H groups in total. The highest BCUT2D eigenvalue weighted by molar-refractivity contribution is 5.79. The summed E-state index contributed by atoms with van der Waals surface area (Å²) in [4.78, 5) is 22.5. The summed E-state index contributed by atoms with van der Waals surface area (Å²) in [7, 11) is 1.60. The van der Waals surface area contributed by atoms with Crippen LogP contribution in [0.4, 0.5) is 4.79 Å². The van der Waals surface area contributed by atoms with Crippen molar-refractivity contribution in [2.75, 3.05) is 20.2 Å². The molecule has 0 bridgehead atoms. The number of carbonyl (C=O) groups is 2. The van der Waals surface area contributed by atoms with Crippen LogP contribution in [-0.4, -0.2) is 42.4 Å². The Hall–Kier alpha value is -2.86. The molecule has 1 aliphatic rings. The van der Waals surface area contributed by atoms with E-state index < -0.39 is 12.1 Å². The number of rotatable bonds is 6. The van der Waals surface area contributed by atoms with E-state index in [1.54, 1.807) is 7.05 Å². The van der Waals surface area contributed by atoms with Crippen LogP contribution in [0.2, 0.25) is 0 Å². The number of hydrogen-bond donors (Lipinski definition) is 2. The van der Waals surface area contributed by atoms with Gasteiger partial charge in [0.05, 0.1) is 6.42 Å². The van der Waals surface area contributed by atoms with Crippen molar-refractivity contribution in [2.24, 2.45) is 0 Å². The second-order valence-electron chi connectivity index (χ2n) is 6.00. The van der Waals surface area contributed by atoms with E-state index in [-0.39, 0.29) is 25.5 Å². The van der Waals surface area contributed by atoms with Crippen molar-refractivity contribution < 1.29 is 19.4 Å². The van der Waals surface area contributed by atoms with E-state index >= 15 is 0 Å². The smallest absolute Gasteiger partial charge is 0.421 e. The predicted octanol–water partition coefficient (Wildman–Crippen LogP) is 2.85. The molecular weight excluding hydrogens is 320 g/mol. The molecule has 6 heteroatoms. The number of aliphatic carboxylic acids is 1. The van der Waals surface area contributed by atoms with Gasteiger partial charge in [-0.1, -0.05) is 48.5 Å². The summed E-state index contributed by atoms with van der Waals surface area (Å²) in [6.07, 6.45) is -0.644. The summed E-state index contributed by atoms with van der Waals surface area (Å²) in [6, 6.07) is 16.2. The SMILES string of the molecule is CN(CCC(=O)O)NC(=O)OCC1c2ccccc2-c2ccccc21. The molecule has 2 aromatic carbocycles. The average Bonchev–Trinajstić information content (AvgIpc) is 2.92. The van der Waals surface area contributed by atoms with Gasteiger partial charge >= 0.3 is 12.1 Å². The third kappa shape index (κ3) is 3.80. The molecule has 0 aliphatic heterocycles. The molecule has 2 aromatic rings. The Morgan fingerprint density at radius 1 is 1.08 bits per heavy atom. The quantitative estimate of drug-likeness (QED) is 0.791. The van der Waals surface area contributed by atoms with Gasteiger partial charge < -0.3 is 9.84 Å². The third-order valence-electron chi connectivity index (χ3n) is 4.29. The first-order valence-electron chi connectivity index (χ1n) is 8.11. The Kier molecular flexibility index (Phi) is 5.00. The molecule has 0 spiro atoms. The highest BCUT2D eigenvalue weighted by atomic mass is 16.6. The minimum Gasteiger partial charge on any atom is -0.481 e. The molecule has 0 heterocycles. The van der Waals surface area contributed by atoms with Crippen molar-refractivity contribution >= 4 is 12.1 Å². The first-order valence-corrected chi connectivity index (χ1v) is 8.11. The molecule has 0 aromatic heterocycles. The third-order valence-corrected chi connectivity index (χ3v) is 4.29. The fraction of sp³-hybridized carbons (Fsp3) is 0.263. The Morgan fingerprint density at radius 3 is 2.20 bits per heavy atom. The van der Waals surface area contributed by atoms with Crippen molar-refractivity contribution in [1.29, 1.82) is 0 Å². The number of hydrogen-bond acceptors (Lipinski definition) is 4. The molecule has 0 fully saturated rings. The highest BCUT2D eigenvalue weighted by Crippen LogP contribution is 2.44. The average molecular weight is 340 g/mol. The van der Waals surface area contributed by atoms with Crippen LogP contribution < -0.4 is 5.43 Å². The first-order chi connectivity index (χ1) is 12.1. The summed E-state index contributed by atoms with van der Waals surface area (Å²) in [6.45, 7) is 0.437. The van der Waals surface area contributed by atoms with Gasteiger partial charge in [-0.05, 0) is 22.3 Å². The number of benzene rings is 2. The predicted molar refractivity (Wildman–Crippen MR) is 93.1 cm³/mol. The number of ether oxygens (including phenoxy) is 1. The minimum atomic E-state index is -0.916. The molecule has 1 amide bonds. The lowest BCUT2D eigenvalue weighted by Gasteiger charge is -2.18. The van der Waals surface area contributed by atoms with Crippen LogP contribution in [-0.2, 0) is 9.53 Å². The molecule has 130 valence electrons. The Morgan fingerprint density at radius 2 is 1.64 bits per heavy atom. The van der Waals surface area contributed by atoms with Gasteiger partial charge in [0, 0.05) is 19.5 Å². The van der Waals surface area contributed by atoms with Crippen LogP contribution in [0.5, 0.6) is 0 Å². The summed E-state index contributed by atoms with van der Waals surface area (Å²) < 4.78 is 5.38. The number of fused-ring (bicyclic) bond motifs is 3. The van der Waals surface area contributed by atoms with Gasteiger partial charge in [0.1, 0.15) is 6.61 Å². The largest absolute Gasteiger partial charge is 0.481 e. The van der Waals surface area contributed by atoms with Gasteiger partial charge in [0.15, 0.2) is 0 Å². The van der Waals surface area contributed by atoms with Gasteiger partial charge in [-0.25, -0.2) is 9.80 Å². The fourth-order valence-electron chi connectivity index (χ4n) is 3.11. The van der Waals surface area contributed by atoms with E-state index in [9.17, 15) is 9.59 Å². The maximum atomic E-state index is 12.0. The van der Waals surface area contributed by atoms with Crippen LogP contribution in [0.3, 0.4) is 0 Å². The molecule has 0 unspecified atom stereocenters. The number of nitrogens with zero attached hydrogens (tertiary/aromatic N) is 1. The van der Waals surface area contributed by atoms with Crippen LogP contribution in [0.15, 0.2) is 48.5 Å². The summed E-state index contributed by atoms with van der Waals surface area (Å²) >= 11 is 0. The maximum Gasteiger partial charge on any atom is 0.421 e. The molecule has 0 atom stereocenters. The Labute approximate surface area is 146 Å². The Balaban J connectivity index is 1.63. The minimum absolute atomic E-state index is 0.00229. The normalized spacial score (nSPS) is 12.6. The number of carboxylic acid groups (broad SMARTS) is 1. The zero-order chi connectivity index (χ0) is 17.8. The molecule has 25 heavy (non-hydrogen) atoms. The second kappa shape index (κ2) is 7.36. The number of nitrogens with one attached hydrogen (secondary N) is 1. The van der Waals surface area contributed by atoms with Gasteiger partial charge in [0.2, 0.25) is 0 Å². The second-order valence-corrected chi connectivity index (χ2v) is 6.00. The van der Waals surface area contributed by atoms with Crippen molar-refractivity contribution in [3.05, 3.63) is 59.7 Å². The molecule has 6 nitrogen and oxygen atoms in total. The van der Waals surface area contributed by atoms with Crippen molar-refractivity contribution in [2.45, 2.75) is 12.3 Å². The molecule has 0 radical (unpaired) electrons. The monoisotopic (exact) mass is 340 g/mol. The zero-order valence-electron chi connectivity index (χ0n) is 13.9. The molecule has 3 rings (SSSR count). The maximum absolute atomic E-state index is 12.0. The topological polar surface area (TPSA) is 78.9 Å². The standard InChI is InChI=1S/C19H20N2O4/c1-21(11-10-18(22)23)20-19(24)25-12-17-15-8-4-2-6-13(15)14-7-3-5-9-16(14)17/h2-9,17H,10-12H2,1H3,(H,20,24)(H,22,23). The molecule has 0 saturated heterocycles. The number of carbonyl (C=O) groups excluding carboxylic acids is 1. The van der Waals surface area contributed by atoms with E-state index in [0.29, 0.717) is 0 Å². The number of carboxylic acids is 1. The Bertz CT molecular complexity index is 745. The number of amides is 1. The summed E-state index contributed by atoms with van der Waals surface area (Å²) in [5.74, 6) is -0.913. The van der Waals surface area contributed by atoms with E-state index in [2.05, 4.69) is 29.7 Å². The summed E-state index contributed by atoms with van der Waals surface area (Å²) in [5, 5.41) is 10.1. The van der Waals surface area contributed by atoms with Crippen LogP contribution in [0, 0.1) is 0 Å². The van der Waals surface area contributed by atoms with E-state index in [0.717, 1.165) is 11.1 Å². The molecule has 1 aliphatic carbocycles. The van der Waals surface area contributed by atoms with Crippen LogP contribution in [0.25, 0.3) is 11.1 Å². The lowest BCUT2D eigenvalue weighted by molar-refractivity contribution is -0.137. The number of hydrazine groups is 1. The lowest BCUT2D eigenvalue weighted by Crippen LogP contribution is -2.41. The molecular formula is C19H20N2O4. The first kappa shape index (κ1) is 17.0. The fourth-order valence-corrected chi connectivity index (χ4v) is 3.11. The van der Waals surface area contributed by atoms with Crippen LogP contribution >= 0.6 is 0 Å². The lowest BCUT2D eigenvalue weighted by atomic mass is 9.98. The van der Waals surface area contributed by atoms with Crippen LogP contribution in [0.1, 0.15) is 23.5 Å². The summed E-state index contributed by atoms with van der Waals surface area (Å²) in [5.41, 5.74) is 7.16. The van der Waals surface area contributed by atoms with Gasteiger partial charge in [0.25, 0.3) is 0 Å². The molecule has 0 saturated carbocycles. The van der Waals surface area contributed by atoms with Gasteiger partial charge in [-0.3, -0.25) is 10.2 Å². The van der Waals surface area contributed by atoms with E-state index in [1.807, 2.05) is 24.3 Å². The van der Waals surface area contributed by atoms with E-state index in [4.69, 9.17) is 9.84 Å². The van der Waals surface area contributed by atoms with Crippen molar-refractivity contribution in [1.82, 2.24) is 10.4 Å². The van der Waals surface area contributed by atoms with Gasteiger partial charge in [-0.15, -0.1) is 0 Å². The zero-order valence-corrected chi connectivity index (χ0v) is 13.9. The van der Waals surface area contributed by atoms with Crippen molar-refractivity contribution in [3.63, 3.8) is 0 Å². The van der Waals surface area contributed by atoms with Gasteiger partial charge in [-0.2, -0.15) is 0 Å².